The lowest BCUT2D eigenvalue weighted by molar-refractivity contribution is 0.0709. The van der Waals surface area contributed by atoms with E-state index in [0.717, 1.165) is 24.6 Å². The molecule has 3 atom stereocenters. The maximum Gasteiger partial charge on any atom is 0.260 e. The Hall–Kier alpha value is -3.15. The van der Waals surface area contributed by atoms with E-state index >= 15 is 0 Å². The van der Waals surface area contributed by atoms with E-state index in [2.05, 4.69) is 9.97 Å². The molecule has 0 radical (unpaired) electrons. The topological polar surface area (TPSA) is 75.5 Å². The number of nitrogens with zero attached hydrogens (tertiary/aromatic N) is 3. The van der Waals surface area contributed by atoms with Crippen LogP contribution in [0.1, 0.15) is 29.6 Å². The van der Waals surface area contributed by atoms with Gasteiger partial charge in [-0.2, -0.15) is 0 Å². The van der Waals surface area contributed by atoms with E-state index in [0.29, 0.717) is 23.6 Å². The Labute approximate surface area is 162 Å². The number of carbonyl (C=O) groups is 1. The monoisotopic (exact) mass is 375 g/mol. The Balaban J connectivity index is 1.40. The third-order valence-corrected chi connectivity index (χ3v) is 5.95. The number of amides is 1. The molecule has 1 amide bonds. The van der Waals surface area contributed by atoms with E-state index < -0.39 is 0 Å². The summed E-state index contributed by atoms with van der Waals surface area (Å²) in [5.74, 6) is 0.743. The number of ether oxygens (including phenoxy) is 1. The fourth-order valence-electron chi connectivity index (χ4n) is 4.71. The van der Waals surface area contributed by atoms with Gasteiger partial charge in [-0.3, -0.25) is 9.78 Å². The van der Waals surface area contributed by atoms with Crippen molar-refractivity contribution in [3.8, 4) is 11.6 Å². The van der Waals surface area contributed by atoms with Crippen LogP contribution in [-0.4, -0.2) is 44.6 Å². The molecule has 2 aliphatic heterocycles. The molecule has 3 unspecified atom stereocenters. The smallest absolute Gasteiger partial charge is 0.260 e. The first kappa shape index (κ1) is 17.0. The zero-order valence-electron chi connectivity index (χ0n) is 15.4. The van der Waals surface area contributed by atoms with Crippen LogP contribution in [0.3, 0.4) is 0 Å². The van der Waals surface area contributed by atoms with Gasteiger partial charge in [0, 0.05) is 41.8 Å². The van der Waals surface area contributed by atoms with Gasteiger partial charge in [0.25, 0.3) is 5.91 Å². The molecule has 6 nitrogen and oxygen atoms in total. The van der Waals surface area contributed by atoms with Crippen LogP contribution in [0.4, 0.5) is 0 Å². The summed E-state index contributed by atoms with van der Waals surface area (Å²) in [6.45, 7) is 0.543. The van der Waals surface area contributed by atoms with Crippen molar-refractivity contribution in [2.75, 3.05) is 6.61 Å². The maximum atomic E-state index is 13.4. The second kappa shape index (κ2) is 6.78. The van der Waals surface area contributed by atoms with Crippen molar-refractivity contribution in [3.63, 3.8) is 0 Å². The van der Waals surface area contributed by atoms with Gasteiger partial charge in [-0.05, 0) is 43.5 Å². The Morgan fingerprint density at radius 1 is 1.11 bits per heavy atom. The molecule has 0 saturated carbocycles. The number of fused-ring (bicyclic) bond motifs is 3. The van der Waals surface area contributed by atoms with Crippen LogP contribution in [0.5, 0.6) is 11.6 Å². The van der Waals surface area contributed by atoms with Gasteiger partial charge in [-0.15, -0.1) is 0 Å². The number of hydrogen-bond donors (Lipinski definition) is 1. The maximum absolute atomic E-state index is 13.4. The van der Waals surface area contributed by atoms with Crippen molar-refractivity contribution in [3.05, 3.63) is 60.4 Å². The third kappa shape index (κ3) is 2.76. The summed E-state index contributed by atoms with van der Waals surface area (Å²) in [6.07, 6.45) is 6.24. The lowest BCUT2D eigenvalue weighted by atomic mass is 9.90. The normalized spacial score (nSPS) is 23.3. The molecule has 2 aromatic heterocycles. The average Bonchev–Trinajstić information content (AvgIpc) is 3.30. The van der Waals surface area contributed by atoms with Gasteiger partial charge in [0.2, 0.25) is 5.88 Å². The van der Waals surface area contributed by atoms with Crippen LogP contribution >= 0.6 is 0 Å². The molecule has 6 heteroatoms. The van der Waals surface area contributed by atoms with E-state index in [1.54, 1.807) is 24.5 Å². The zero-order chi connectivity index (χ0) is 19.1. The van der Waals surface area contributed by atoms with Crippen LogP contribution in [0.15, 0.2) is 54.9 Å². The minimum atomic E-state index is -0.130. The highest BCUT2D eigenvalue weighted by Crippen LogP contribution is 2.43. The van der Waals surface area contributed by atoms with Crippen molar-refractivity contribution in [2.45, 2.75) is 31.3 Å². The first-order valence-electron chi connectivity index (χ1n) is 9.65. The number of hydrogen-bond acceptors (Lipinski definition) is 5. The number of phenolic OH excluding ortho intramolecular Hbond substituents is 1. The lowest BCUT2D eigenvalue weighted by Gasteiger charge is -2.25. The number of rotatable bonds is 4. The van der Waals surface area contributed by atoms with Crippen molar-refractivity contribution < 1.29 is 14.6 Å². The average molecular weight is 375 g/mol. The number of aromatic nitrogens is 2. The van der Waals surface area contributed by atoms with Gasteiger partial charge in [0.1, 0.15) is 11.3 Å². The van der Waals surface area contributed by atoms with Gasteiger partial charge < -0.3 is 14.7 Å². The molecule has 1 N–H and O–H groups in total. The molecular weight excluding hydrogens is 354 g/mol. The van der Waals surface area contributed by atoms with Crippen molar-refractivity contribution in [1.82, 2.24) is 14.9 Å². The minimum Gasteiger partial charge on any atom is -0.507 e. The Bertz CT molecular complexity index is 1020. The Morgan fingerprint density at radius 3 is 2.86 bits per heavy atom. The molecule has 0 spiro atoms. The Morgan fingerprint density at radius 2 is 2.00 bits per heavy atom. The SMILES string of the molecule is O=C(c1c(O)ccc2cccnc12)N1C2CCC1C(COc1ccccn1)C2. The highest BCUT2D eigenvalue weighted by Gasteiger charge is 2.49. The first-order chi connectivity index (χ1) is 13.7. The van der Waals surface area contributed by atoms with E-state index in [9.17, 15) is 9.90 Å². The summed E-state index contributed by atoms with van der Waals surface area (Å²) in [6, 6.07) is 13.0. The van der Waals surface area contributed by atoms with Crippen molar-refractivity contribution >= 4 is 16.8 Å². The molecule has 5 rings (SSSR count). The predicted molar refractivity (Wildman–Crippen MR) is 104 cm³/mol. The van der Waals surface area contributed by atoms with E-state index in [4.69, 9.17) is 4.74 Å². The number of phenols is 1. The Kier molecular flexibility index (Phi) is 4.11. The fourth-order valence-corrected chi connectivity index (χ4v) is 4.71. The van der Waals surface area contributed by atoms with Gasteiger partial charge in [-0.25, -0.2) is 4.98 Å². The van der Waals surface area contributed by atoms with Crippen molar-refractivity contribution in [1.29, 1.82) is 0 Å². The molecule has 2 saturated heterocycles. The van der Waals surface area contributed by atoms with Gasteiger partial charge >= 0.3 is 0 Å². The summed E-state index contributed by atoms with van der Waals surface area (Å²) >= 11 is 0. The van der Waals surface area contributed by atoms with Crippen LogP contribution < -0.4 is 4.74 Å². The van der Waals surface area contributed by atoms with E-state index in [1.165, 1.54) is 0 Å². The van der Waals surface area contributed by atoms with Crippen LogP contribution in [0.2, 0.25) is 0 Å². The highest BCUT2D eigenvalue weighted by atomic mass is 16.5. The molecule has 2 aliphatic rings. The highest BCUT2D eigenvalue weighted by molar-refractivity contribution is 6.08. The second-order valence-corrected chi connectivity index (χ2v) is 7.52. The second-order valence-electron chi connectivity index (χ2n) is 7.52. The minimum absolute atomic E-state index is 0.0104. The molecule has 28 heavy (non-hydrogen) atoms. The largest absolute Gasteiger partial charge is 0.507 e. The van der Waals surface area contributed by atoms with Crippen LogP contribution in [-0.2, 0) is 0 Å². The van der Waals surface area contributed by atoms with Gasteiger partial charge in [0.05, 0.1) is 12.1 Å². The van der Waals surface area contributed by atoms with E-state index in [-0.39, 0.29) is 29.7 Å². The molecule has 2 bridgehead atoms. The van der Waals surface area contributed by atoms with Crippen LogP contribution in [0.25, 0.3) is 10.9 Å². The number of benzene rings is 1. The van der Waals surface area contributed by atoms with E-state index in [1.807, 2.05) is 35.2 Å². The van der Waals surface area contributed by atoms with Gasteiger partial charge in [0.15, 0.2) is 0 Å². The van der Waals surface area contributed by atoms with Crippen molar-refractivity contribution in [2.24, 2.45) is 5.92 Å². The zero-order valence-corrected chi connectivity index (χ0v) is 15.4. The first-order valence-corrected chi connectivity index (χ1v) is 9.65. The number of carbonyl (C=O) groups excluding carboxylic acids is 1. The van der Waals surface area contributed by atoms with Gasteiger partial charge in [-0.1, -0.05) is 12.1 Å². The molecule has 4 heterocycles. The molecule has 0 aliphatic carbocycles. The standard InChI is InChI=1S/C22H21N3O3/c26-18-9-6-14-4-3-11-24-21(14)20(18)22(27)25-16-7-8-17(25)15(12-16)13-28-19-5-1-2-10-23-19/h1-6,9-11,15-17,26H,7-8,12-13H2. The van der Waals surface area contributed by atoms with Crippen LogP contribution in [0, 0.1) is 5.92 Å². The molecule has 142 valence electrons. The molecule has 1 aromatic carbocycles. The quantitative estimate of drug-likeness (QED) is 0.756. The summed E-state index contributed by atoms with van der Waals surface area (Å²) in [5.41, 5.74) is 0.862. The number of aromatic hydroxyl groups is 1. The molecule has 2 fully saturated rings. The lowest BCUT2D eigenvalue weighted by Crippen LogP contribution is -2.37. The number of pyridine rings is 2. The molecular formula is C22H21N3O3. The third-order valence-electron chi connectivity index (χ3n) is 5.95. The molecule has 3 aromatic rings. The summed E-state index contributed by atoms with van der Waals surface area (Å²) in [4.78, 5) is 24.0. The fraction of sp³-hybridized carbons (Fsp3) is 0.318. The summed E-state index contributed by atoms with van der Waals surface area (Å²) in [7, 11) is 0. The summed E-state index contributed by atoms with van der Waals surface area (Å²) < 4.78 is 5.86. The predicted octanol–water partition coefficient (Wildman–Crippen LogP) is 3.41. The summed E-state index contributed by atoms with van der Waals surface area (Å²) in [5, 5.41) is 11.3.